The number of carboxylic acid groups (broad SMARTS) is 1. The number of nitrogens with zero attached hydrogens (tertiary/aromatic N) is 1. The molecule has 0 saturated carbocycles. The molecule has 0 aromatic heterocycles. The van der Waals surface area contributed by atoms with Gasteiger partial charge in [0.2, 0.25) is 0 Å². The van der Waals surface area contributed by atoms with Crippen LogP contribution in [0, 0.1) is 0 Å². The summed E-state index contributed by atoms with van der Waals surface area (Å²) in [6.45, 7) is 0.338. The maximum absolute atomic E-state index is 12.3. The van der Waals surface area contributed by atoms with Crippen LogP contribution in [0.3, 0.4) is 0 Å². The highest BCUT2D eigenvalue weighted by Crippen LogP contribution is 2.26. The van der Waals surface area contributed by atoms with Gasteiger partial charge in [-0.15, -0.1) is 0 Å². The van der Waals surface area contributed by atoms with Crippen LogP contribution in [0.15, 0.2) is 18.2 Å². The lowest BCUT2D eigenvalue weighted by molar-refractivity contribution is -0.143. The summed E-state index contributed by atoms with van der Waals surface area (Å²) in [6.07, 6.45) is 1.89. The number of phenolic OH excluding ortho intramolecular Hbond substituents is 2. The van der Waals surface area contributed by atoms with Crippen LogP contribution in [-0.4, -0.2) is 44.7 Å². The number of aromatic hydroxyl groups is 2. The number of carbonyl (C=O) groups is 2. The number of carbonyl (C=O) groups excluding carboxylic acids is 1. The summed E-state index contributed by atoms with van der Waals surface area (Å²) in [7, 11) is 0. The Kier molecular flexibility index (Phi) is 3.59. The van der Waals surface area contributed by atoms with E-state index in [1.807, 2.05) is 0 Å². The van der Waals surface area contributed by atoms with E-state index in [9.17, 15) is 19.8 Å². The first kappa shape index (κ1) is 13.2. The molecule has 1 aliphatic rings. The minimum Gasteiger partial charge on any atom is -0.508 e. The van der Waals surface area contributed by atoms with Crippen molar-refractivity contribution in [3.63, 3.8) is 0 Å². The zero-order chi connectivity index (χ0) is 14.0. The fourth-order valence-electron chi connectivity index (χ4n) is 2.28. The van der Waals surface area contributed by atoms with Crippen LogP contribution >= 0.6 is 0 Å². The summed E-state index contributed by atoms with van der Waals surface area (Å²) in [5.41, 5.74) is -0.0758. The molecule has 1 aliphatic heterocycles. The molecule has 1 heterocycles. The normalized spacial score (nSPS) is 19.2. The molecule has 1 atom stereocenters. The molecule has 0 spiro atoms. The van der Waals surface area contributed by atoms with Crippen molar-refractivity contribution >= 4 is 11.9 Å². The topological polar surface area (TPSA) is 98.1 Å². The van der Waals surface area contributed by atoms with Crippen LogP contribution in [0.2, 0.25) is 0 Å². The van der Waals surface area contributed by atoms with Crippen LogP contribution in [0.1, 0.15) is 29.6 Å². The molecule has 1 aromatic rings. The van der Waals surface area contributed by atoms with E-state index in [1.165, 1.54) is 17.0 Å². The molecule has 3 N–H and O–H groups in total. The maximum Gasteiger partial charge on any atom is 0.326 e. The van der Waals surface area contributed by atoms with Crippen LogP contribution in [0.4, 0.5) is 0 Å². The van der Waals surface area contributed by atoms with Gasteiger partial charge in [-0.1, -0.05) is 0 Å². The third-order valence-electron chi connectivity index (χ3n) is 3.26. The average Bonchev–Trinajstić information content (AvgIpc) is 2.40. The van der Waals surface area contributed by atoms with Gasteiger partial charge in [0.1, 0.15) is 17.5 Å². The summed E-state index contributed by atoms with van der Waals surface area (Å²) in [6, 6.07) is 2.74. The molecule has 1 aromatic carbocycles. The van der Waals surface area contributed by atoms with Gasteiger partial charge in [-0.3, -0.25) is 4.79 Å². The van der Waals surface area contributed by atoms with Gasteiger partial charge in [0, 0.05) is 6.54 Å². The number of aliphatic carboxylic acids is 1. The second-order valence-corrected chi connectivity index (χ2v) is 4.55. The third-order valence-corrected chi connectivity index (χ3v) is 3.26. The van der Waals surface area contributed by atoms with Gasteiger partial charge in [0.15, 0.2) is 0 Å². The monoisotopic (exact) mass is 265 g/mol. The first-order chi connectivity index (χ1) is 9.00. The van der Waals surface area contributed by atoms with E-state index in [-0.39, 0.29) is 17.1 Å². The van der Waals surface area contributed by atoms with Crippen molar-refractivity contribution < 1.29 is 24.9 Å². The number of piperidine rings is 1. The van der Waals surface area contributed by atoms with Crippen molar-refractivity contribution in [3.05, 3.63) is 23.8 Å². The molecular weight excluding hydrogens is 250 g/mol. The smallest absolute Gasteiger partial charge is 0.326 e. The van der Waals surface area contributed by atoms with Gasteiger partial charge >= 0.3 is 5.97 Å². The molecule has 6 nitrogen and oxygen atoms in total. The molecule has 0 aliphatic carbocycles. The van der Waals surface area contributed by atoms with Crippen LogP contribution in [0.5, 0.6) is 11.5 Å². The molecule has 1 amide bonds. The molecule has 0 bridgehead atoms. The Morgan fingerprint density at radius 3 is 2.63 bits per heavy atom. The van der Waals surface area contributed by atoms with Crippen LogP contribution < -0.4 is 0 Å². The maximum atomic E-state index is 12.3. The Morgan fingerprint density at radius 2 is 1.95 bits per heavy atom. The van der Waals surface area contributed by atoms with Gasteiger partial charge in [-0.05, 0) is 37.5 Å². The van der Waals surface area contributed by atoms with Crippen molar-refractivity contribution in [3.8, 4) is 11.5 Å². The molecule has 6 heteroatoms. The predicted octanol–water partition coefficient (Wildman–Crippen LogP) is 1.18. The third kappa shape index (κ3) is 2.62. The van der Waals surface area contributed by atoms with Gasteiger partial charge in [-0.25, -0.2) is 4.79 Å². The fourth-order valence-corrected chi connectivity index (χ4v) is 2.28. The molecule has 102 valence electrons. The number of likely N-dealkylation sites (tertiary alicyclic amines) is 1. The first-order valence-corrected chi connectivity index (χ1v) is 6.06. The number of benzene rings is 1. The van der Waals surface area contributed by atoms with Gasteiger partial charge < -0.3 is 20.2 Å². The summed E-state index contributed by atoms with van der Waals surface area (Å²) >= 11 is 0. The first-order valence-electron chi connectivity index (χ1n) is 6.06. The number of carboxylic acids is 1. The van der Waals surface area contributed by atoms with E-state index in [4.69, 9.17) is 5.11 Å². The van der Waals surface area contributed by atoms with Crippen molar-refractivity contribution in [1.82, 2.24) is 4.90 Å². The second kappa shape index (κ2) is 5.17. The fraction of sp³-hybridized carbons (Fsp3) is 0.385. The summed E-state index contributed by atoms with van der Waals surface area (Å²) in [5.74, 6) is -2.03. The highest BCUT2D eigenvalue weighted by molar-refractivity contribution is 5.99. The number of rotatable bonds is 2. The van der Waals surface area contributed by atoms with Crippen molar-refractivity contribution in [2.75, 3.05) is 6.54 Å². The molecule has 1 fully saturated rings. The highest BCUT2D eigenvalue weighted by Gasteiger charge is 2.33. The number of hydrogen-bond donors (Lipinski definition) is 3. The number of phenols is 2. The van der Waals surface area contributed by atoms with E-state index in [0.717, 1.165) is 18.9 Å². The zero-order valence-corrected chi connectivity index (χ0v) is 10.2. The van der Waals surface area contributed by atoms with E-state index >= 15 is 0 Å². The number of amides is 1. The van der Waals surface area contributed by atoms with Gasteiger partial charge in [-0.2, -0.15) is 0 Å². The number of hydrogen-bond acceptors (Lipinski definition) is 4. The Bertz CT molecular complexity index is 514. The molecule has 19 heavy (non-hydrogen) atoms. The SMILES string of the molecule is O=C(O)[C@@H]1CCCCN1C(=O)c1cc(O)ccc1O. The van der Waals surface area contributed by atoms with Crippen LogP contribution in [0.25, 0.3) is 0 Å². The summed E-state index contributed by atoms with van der Waals surface area (Å²) in [5, 5.41) is 28.1. The quantitative estimate of drug-likeness (QED) is 0.697. The van der Waals surface area contributed by atoms with Gasteiger partial charge in [0.05, 0.1) is 5.56 Å². The minimum atomic E-state index is -1.05. The van der Waals surface area contributed by atoms with Crippen LogP contribution in [-0.2, 0) is 4.79 Å². The molecule has 2 rings (SSSR count). The molecule has 0 unspecified atom stereocenters. The minimum absolute atomic E-state index is 0.0758. The summed E-state index contributed by atoms with van der Waals surface area (Å²) < 4.78 is 0. The largest absolute Gasteiger partial charge is 0.508 e. The Balaban J connectivity index is 2.31. The van der Waals surface area contributed by atoms with Crippen molar-refractivity contribution in [1.29, 1.82) is 0 Å². The molecule has 1 saturated heterocycles. The van der Waals surface area contributed by atoms with E-state index in [2.05, 4.69) is 0 Å². The molecular formula is C13H15NO5. The summed E-state index contributed by atoms with van der Waals surface area (Å²) in [4.78, 5) is 24.7. The lowest BCUT2D eigenvalue weighted by Gasteiger charge is -2.33. The predicted molar refractivity (Wildman–Crippen MR) is 66.1 cm³/mol. The Hall–Kier alpha value is -2.24. The van der Waals surface area contributed by atoms with Crippen molar-refractivity contribution in [2.45, 2.75) is 25.3 Å². The van der Waals surface area contributed by atoms with E-state index in [0.29, 0.717) is 13.0 Å². The van der Waals surface area contributed by atoms with Crippen molar-refractivity contribution in [2.24, 2.45) is 0 Å². The lowest BCUT2D eigenvalue weighted by atomic mass is 10.0. The highest BCUT2D eigenvalue weighted by atomic mass is 16.4. The zero-order valence-electron chi connectivity index (χ0n) is 10.2. The van der Waals surface area contributed by atoms with E-state index in [1.54, 1.807) is 0 Å². The Morgan fingerprint density at radius 1 is 1.21 bits per heavy atom. The van der Waals surface area contributed by atoms with Gasteiger partial charge in [0.25, 0.3) is 5.91 Å². The van der Waals surface area contributed by atoms with E-state index < -0.39 is 17.9 Å². The Labute approximate surface area is 109 Å². The second-order valence-electron chi connectivity index (χ2n) is 4.55. The average molecular weight is 265 g/mol. The standard InChI is InChI=1S/C13H15NO5/c15-8-4-5-11(16)9(7-8)12(17)14-6-2-1-3-10(14)13(18)19/h4-5,7,10,15-16H,1-3,6H2,(H,18,19)/t10-/m0/s1. The molecule has 0 radical (unpaired) electrons. The lowest BCUT2D eigenvalue weighted by Crippen LogP contribution is -2.48.